The molecule has 0 aliphatic heterocycles. The van der Waals surface area contributed by atoms with E-state index in [1.807, 2.05) is 12.2 Å². The summed E-state index contributed by atoms with van der Waals surface area (Å²) in [7, 11) is 0. The van der Waals surface area contributed by atoms with Gasteiger partial charge in [-0.05, 0) is 235 Å². The van der Waals surface area contributed by atoms with Gasteiger partial charge < -0.3 is 9.80 Å². The fraction of sp³-hybridized carbons (Fsp3) is 0.129. The lowest BCUT2D eigenvalue weighted by Gasteiger charge is -2.37. The van der Waals surface area contributed by atoms with E-state index in [2.05, 4.69) is 378 Å². The number of unbranched alkanes of at least 4 members (excludes halogenated alkanes) is 2. The molecule has 2 heteroatoms. The second kappa shape index (κ2) is 26.6. The van der Waals surface area contributed by atoms with Crippen molar-refractivity contribution >= 4 is 46.3 Å². The summed E-state index contributed by atoms with van der Waals surface area (Å²) in [5.74, 6) is 0. The lowest BCUT2D eigenvalue weighted by atomic mass is 9.67. The topological polar surface area (TPSA) is 6.48 Å². The number of nitrogens with zero attached hydrogens (tertiary/aromatic N) is 2. The molecule has 14 aromatic carbocycles. The first-order chi connectivity index (χ1) is 50.7. The summed E-state index contributed by atoms with van der Waals surface area (Å²) < 4.78 is 0. The van der Waals surface area contributed by atoms with Crippen LogP contribution in [0.25, 0.3) is 45.5 Å². The fourth-order valence-corrected chi connectivity index (χ4v) is 17.8. The molecule has 3 aliphatic rings. The van der Waals surface area contributed by atoms with Crippen LogP contribution >= 0.6 is 0 Å². The molecule has 2 atom stereocenters. The van der Waals surface area contributed by atoms with Crippen LogP contribution in [0.4, 0.5) is 34.1 Å². The predicted octanol–water partition coefficient (Wildman–Crippen LogP) is 26.3. The monoisotopic (exact) mass is 1320 g/mol. The van der Waals surface area contributed by atoms with Crippen LogP contribution in [0.3, 0.4) is 0 Å². The van der Waals surface area contributed by atoms with Crippen LogP contribution in [0.5, 0.6) is 0 Å². The van der Waals surface area contributed by atoms with Crippen LogP contribution in [-0.2, 0) is 29.1 Å². The minimum atomic E-state index is -0.788. The summed E-state index contributed by atoms with van der Waals surface area (Å²) in [6, 6.07) is 126. The molecule has 0 saturated carbocycles. The van der Waals surface area contributed by atoms with Crippen molar-refractivity contribution in [2.45, 2.75) is 82.5 Å². The first-order valence-corrected chi connectivity index (χ1v) is 37.0. The zero-order valence-electron chi connectivity index (χ0n) is 59.4. The number of rotatable bonds is 20. The third-order valence-corrected chi connectivity index (χ3v) is 22.8. The third-order valence-electron chi connectivity index (χ3n) is 22.8. The molecular formula is C101H84N2. The van der Waals surface area contributed by atoms with E-state index in [1.165, 1.54) is 122 Å². The van der Waals surface area contributed by atoms with Gasteiger partial charge in [-0.2, -0.15) is 0 Å². The Bertz CT molecular complexity index is 5150. The zero-order chi connectivity index (χ0) is 69.8. The second-order valence-corrected chi connectivity index (χ2v) is 28.6. The Morgan fingerprint density at radius 3 is 0.825 bits per heavy atom. The fourth-order valence-electron chi connectivity index (χ4n) is 17.8. The lowest BCUT2D eigenvalue weighted by molar-refractivity contribution is 0.759. The smallest absolute Gasteiger partial charge is 0.0715 e. The number of para-hydroxylation sites is 2. The van der Waals surface area contributed by atoms with E-state index in [4.69, 9.17) is 0 Å². The highest BCUT2D eigenvalue weighted by atomic mass is 15.1. The van der Waals surface area contributed by atoms with E-state index >= 15 is 0 Å². The number of fused-ring (bicyclic) bond motifs is 9. The Balaban J connectivity index is 0.902. The molecule has 0 heterocycles. The van der Waals surface area contributed by atoms with Crippen molar-refractivity contribution in [1.29, 1.82) is 0 Å². The highest BCUT2D eigenvalue weighted by Gasteiger charge is 2.50. The Labute approximate surface area is 609 Å². The van der Waals surface area contributed by atoms with Crippen LogP contribution in [0, 0.1) is 13.8 Å². The molecule has 0 fully saturated rings. The van der Waals surface area contributed by atoms with Gasteiger partial charge >= 0.3 is 0 Å². The SMILES string of the molecule is C=Cc1ccc(C2(c3ccc(C)cc3)c3ccccc3-c3ccc(N(c4ccccc4)c4ccc5c(c4)C(c4ccc(CCCC)cc4)(c4ccc(CCCC)cc4)c4cc(N(c6ccccc6)c6ccc7c(c6)C(c6ccc(C)cc6)(c6ccc(C=C)cc6)c6ccccc6-7)ccc4-5)cc32)cc1. The molecule has 3 aliphatic carbocycles. The van der Waals surface area contributed by atoms with Crippen molar-refractivity contribution < 1.29 is 0 Å². The van der Waals surface area contributed by atoms with Gasteiger partial charge in [0.25, 0.3) is 0 Å². The Morgan fingerprint density at radius 2 is 0.524 bits per heavy atom. The van der Waals surface area contributed by atoms with Crippen LogP contribution in [0.15, 0.2) is 341 Å². The van der Waals surface area contributed by atoms with Crippen LogP contribution in [0.2, 0.25) is 0 Å². The summed E-state index contributed by atoms with van der Waals surface area (Å²) in [6.07, 6.45) is 10.5. The lowest BCUT2D eigenvalue weighted by Crippen LogP contribution is -2.29. The highest BCUT2D eigenvalue weighted by molar-refractivity contribution is 5.95. The number of benzene rings is 14. The first-order valence-electron chi connectivity index (χ1n) is 37.0. The average Bonchev–Trinajstić information content (AvgIpc) is 1.55. The quantitative estimate of drug-likeness (QED) is 0.0750. The minimum absolute atomic E-state index is 0.628. The molecule has 0 aromatic heterocycles. The standard InChI is InChI=1S/C101H84N2/c1-7-11-23-73-41-53-79(54-42-73)101(80-55-43-74(44-56-80)24-12-8-2)97-67-85(102(81-25-15-13-16-26-81)83-57-61-89-87-29-19-21-31-93(87)99(95(89)65-83,75-45-33-69(5)34-46-75)77-49-37-71(9-3)38-50-77)59-63-91(97)92-64-60-86(68-98(92)101)103(82-27-17-14-18-28-82)84-58-62-90-88-30-20-22-32-94(88)100(96(90)66-84,76-47-35-70(6)36-48-76)78-51-39-72(10-4)40-52-78/h9-10,13-22,25-68H,3-4,7-8,11-12,23-24H2,1-2,5-6H3. The molecule has 0 saturated heterocycles. The van der Waals surface area contributed by atoms with Gasteiger partial charge in [0.05, 0.1) is 16.2 Å². The van der Waals surface area contributed by atoms with Crippen LogP contribution < -0.4 is 9.80 Å². The predicted molar refractivity (Wildman–Crippen MR) is 435 cm³/mol. The maximum Gasteiger partial charge on any atom is 0.0715 e. The van der Waals surface area contributed by atoms with E-state index in [-0.39, 0.29) is 0 Å². The molecule has 2 unspecified atom stereocenters. The first kappa shape index (κ1) is 64.5. The van der Waals surface area contributed by atoms with Gasteiger partial charge in [-0.3, -0.25) is 0 Å². The van der Waals surface area contributed by atoms with Gasteiger partial charge in [-0.1, -0.05) is 318 Å². The van der Waals surface area contributed by atoms with Gasteiger partial charge in [0.2, 0.25) is 0 Å². The van der Waals surface area contributed by atoms with Gasteiger partial charge in [0.15, 0.2) is 0 Å². The molecule has 0 spiro atoms. The summed E-state index contributed by atoms with van der Waals surface area (Å²) in [5, 5.41) is 0. The van der Waals surface area contributed by atoms with Gasteiger partial charge in [0.1, 0.15) is 0 Å². The summed E-state index contributed by atoms with van der Waals surface area (Å²) in [6.45, 7) is 17.3. The van der Waals surface area contributed by atoms with Crippen LogP contribution in [0.1, 0.15) is 140 Å². The molecule has 0 bridgehead atoms. The Kier molecular flexibility index (Phi) is 16.7. The molecule has 0 radical (unpaired) electrons. The van der Waals surface area contributed by atoms with E-state index in [1.54, 1.807) is 0 Å². The second-order valence-electron chi connectivity index (χ2n) is 28.6. The number of aryl methyl sites for hydroxylation is 4. The summed E-state index contributed by atoms with van der Waals surface area (Å²) >= 11 is 0. The molecule has 498 valence electrons. The Hall–Kier alpha value is -11.8. The molecular weight excluding hydrogens is 1240 g/mol. The van der Waals surface area contributed by atoms with Crippen molar-refractivity contribution in [2.24, 2.45) is 0 Å². The van der Waals surface area contributed by atoms with E-state index < -0.39 is 16.2 Å². The van der Waals surface area contributed by atoms with Gasteiger partial charge in [-0.25, -0.2) is 0 Å². The minimum Gasteiger partial charge on any atom is -0.310 e. The van der Waals surface area contributed by atoms with Crippen molar-refractivity contribution in [1.82, 2.24) is 0 Å². The third kappa shape index (κ3) is 10.5. The molecule has 2 nitrogen and oxygen atoms in total. The average molecular weight is 1330 g/mol. The summed E-state index contributed by atoms with van der Waals surface area (Å²) in [4.78, 5) is 5.03. The number of hydrogen-bond donors (Lipinski definition) is 0. The largest absolute Gasteiger partial charge is 0.310 e. The van der Waals surface area contributed by atoms with Gasteiger partial charge in [0, 0.05) is 34.1 Å². The molecule has 17 rings (SSSR count). The highest BCUT2D eigenvalue weighted by Crippen LogP contribution is 2.62. The molecule has 0 N–H and O–H groups in total. The van der Waals surface area contributed by atoms with Crippen molar-refractivity contribution in [3.8, 4) is 33.4 Å². The maximum absolute atomic E-state index is 4.17. The van der Waals surface area contributed by atoms with Crippen molar-refractivity contribution in [3.63, 3.8) is 0 Å². The molecule has 0 amide bonds. The molecule has 103 heavy (non-hydrogen) atoms. The van der Waals surface area contributed by atoms with E-state index in [0.717, 1.165) is 83.8 Å². The number of hydrogen-bond acceptors (Lipinski definition) is 2. The van der Waals surface area contributed by atoms with E-state index in [0.29, 0.717) is 0 Å². The van der Waals surface area contributed by atoms with Crippen molar-refractivity contribution in [3.05, 3.63) is 441 Å². The van der Waals surface area contributed by atoms with Crippen LogP contribution in [-0.4, -0.2) is 0 Å². The summed E-state index contributed by atoms with van der Waals surface area (Å²) in [5.41, 5.74) is 34.2. The van der Waals surface area contributed by atoms with Crippen molar-refractivity contribution in [2.75, 3.05) is 9.80 Å². The van der Waals surface area contributed by atoms with Gasteiger partial charge in [-0.15, -0.1) is 0 Å². The Morgan fingerprint density at radius 1 is 0.262 bits per heavy atom. The normalized spacial score (nSPS) is 15.5. The molecule has 14 aromatic rings. The zero-order valence-corrected chi connectivity index (χ0v) is 59.4. The maximum atomic E-state index is 4.17. The van der Waals surface area contributed by atoms with E-state index in [9.17, 15) is 0 Å². The number of anilines is 6.